The van der Waals surface area contributed by atoms with Gasteiger partial charge in [-0.3, -0.25) is 4.79 Å². The Morgan fingerprint density at radius 2 is 2.20 bits per heavy atom. The highest BCUT2D eigenvalue weighted by Crippen LogP contribution is 2.28. The Bertz CT molecular complexity index is 602. The third-order valence-corrected chi connectivity index (χ3v) is 4.25. The van der Waals surface area contributed by atoms with Gasteiger partial charge in [-0.05, 0) is 42.3 Å². The number of ether oxygens (including phenoxy) is 1. The summed E-state index contributed by atoms with van der Waals surface area (Å²) in [6.07, 6.45) is 0.308. The van der Waals surface area contributed by atoms with E-state index in [4.69, 9.17) is 4.74 Å². The molecule has 2 aromatic heterocycles. The zero-order chi connectivity index (χ0) is 14.5. The Morgan fingerprint density at radius 3 is 2.85 bits per heavy atom. The smallest absolute Gasteiger partial charge is 0.341 e. The number of aryl methyl sites for hydroxylation is 1. The third kappa shape index (κ3) is 3.68. The van der Waals surface area contributed by atoms with Gasteiger partial charge in [-0.2, -0.15) is 11.3 Å². The van der Waals surface area contributed by atoms with Crippen LogP contribution in [-0.4, -0.2) is 18.5 Å². The van der Waals surface area contributed by atoms with Gasteiger partial charge in [-0.25, -0.2) is 4.79 Å². The van der Waals surface area contributed by atoms with Crippen molar-refractivity contribution in [3.63, 3.8) is 0 Å². The van der Waals surface area contributed by atoms with Crippen LogP contribution < -0.4 is 5.32 Å². The van der Waals surface area contributed by atoms with Crippen molar-refractivity contribution in [3.8, 4) is 0 Å². The summed E-state index contributed by atoms with van der Waals surface area (Å²) in [5.74, 6) is -0.529. The van der Waals surface area contributed by atoms with Gasteiger partial charge in [0.15, 0.2) is 0 Å². The average molecular weight is 309 g/mol. The molecular formula is C14H15NO3S2. The molecule has 4 nitrogen and oxygen atoms in total. The van der Waals surface area contributed by atoms with Crippen molar-refractivity contribution in [2.45, 2.75) is 20.3 Å². The lowest BCUT2D eigenvalue weighted by Crippen LogP contribution is -2.15. The molecule has 0 aliphatic heterocycles. The average Bonchev–Trinajstić information content (AvgIpc) is 2.99. The van der Waals surface area contributed by atoms with E-state index in [0.717, 1.165) is 10.4 Å². The van der Waals surface area contributed by atoms with E-state index in [9.17, 15) is 9.59 Å². The van der Waals surface area contributed by atoms with Crippen molar-refractivity contribution in [3.05, 3.63) is 38.9 Å². The van der Waals surface area contributed by atoms with Crippen molar-refractivity contribution in [2.24, 2.45) is 0 Å². The summed E-state index contributed by atoms with van der Waals surface area (Å²) < 4.78 is 4.99. The number of hydrogen-bond acceptors (Lipinski definition) is 5. The summed E-state index contributed by atoms with van der Waals surface area (Å²) in [5, 5.41) is 7.22. The van der Waals surface area contributed by atoms with E-state index in [1.54, 1.807) is 24.3 Å². The highest BCUT2D eigenvalue weighted by atomic mass is 32.1. The predicted molar refractivity (Wildman–Crippen MR) is 81.7 cm³/mol. The minimum absolute atomic E-state index is 0.129. The monoisotopic (exact) mass is 309 g/mol. The number of hydrogen-bond donors (Lipinski definition) is 1. The van der Waals surface area contributed by atoms with Crippen molar-refractivity contribution < 1.29 is 14.3 Å². The quantitative estimate of drug-likeness (QED) is 0.860. The van der Waals surface area contributed by atoms with Crippen LogP contribution in [-0.2, 0) is 16.0 Å². The van der Waals surface area contributed by atoms with Gasteiger partial charge in [-0.1, -0.05) is 0 Å². The maximum Gasteiger partial charge on any atom is 0.341 e. The maximum atomic E-state index is 12.0. The van der Waals surface area contributed by atoms with Crippen molar-refractivity contribution in [1.82, 2.24) is 0 Å². The Morgan fingerprint density at radius 1 is 1.40 bits per heavy atom. The SMILES string of the molecule is CCOC(=O)c1cc(C)sc1NC(=O)Cc1ccsc1. The molecule has 2 aromatic rings. The molecule has 0 aliphatic carbocycles. The lowest BCUT2D eigenvalue weighted by atomic mass is 10.2. The molecule has 2 rings (SSSR count). The second-order valence-electron chi connectivity index (χ2n) is 4.18. The summed E-state index contributed by atoms with van der Waals surface area (Å²) in [7, 11) is 0. The molecule has 20 heavy (non-hydrogen) atoms. The molecule has 6 heteroatoms. The van der Waals surface area contributed by atoms with Crippen LogP contribution in [0.5, 0.6) is 0 Å². The normalized spacial score (nSPS) is 10.3. The number of amides is 1. The van der Waals surface area contributed by atoms with Crippen LogP contribution in [0.4, 0.5) is 5.00 Å². The van der Waals surface area contributed by atoms with Crippen LogP contribution in [0.25, 0.3) is 0 Å². The first-order chi connectivity index (χ1) is 9.60. The van der Waals surface area contributed by atoms with Gasteiger partial charge >= 0.3 is 5.97 Å². The molecular weight excluding hydrogens is 294 g/mol. The topological polar surface area (TPSA) is 55.4 Å². The molecule has 0 unspecified atom stereocenters. The maximum absolute atomic E-state index is 12.0. The minimum atomic E-state index is -0.400. The second-order valence-corrected chi connectivity index (χ2v) is 6.21. The molecule has 106 valence electrons. The number of carbonyl (C=O) groups is 2. The van der Waals surface area contributed by atoms with Gasteiger partial charge in [0.05, 0.1) is 18.6 Å². The molecule has 0 fully saturated rings. The van der Waals surface area contributed by atoms with Crippen LogP contribution in [0.3, 0.4) is 0 Å². The summed E-state index contributed by atoms with van der Waals surface area (Å²) in [6.45, 7) is 3.96. The third-order valence-electron chi connectivity index (χ3n) is 2.55. The summed E-state index contributed by atoms with van der Waals surface area (Å²) in [4.78, 5) is 24.7. The summed E-state index contributed by atoms with van der Waals surface area (Å²) >= 11 is 2.93. The molecule has 2 heterocycles. The first-order valence-electron chi connectivity index (χ1n) is 6.18. The van der Waals surface area contributed by atoms with E-state index >= 15 is 0 Å². The zero-order valence-corrected chi connectivity index (χ0v) is 12.9. The van der Waals surface area contributed by atoms with Crippen LogP contribution in [0.1, 0.15) is 27.7 Å². The standard InChI is InChI=1S/C14H15NO3S2/c1-3-18-14(17)11-6-9(2)20-13(11)15-12(16)7-10-4-5-19-8-10/h4-6,8H,3,7H2,1-2H3,(H,15,16). The molecule has 0 spiro atoms. The Balaban J connectivity index is 2.08. The van der Waals surface area contributed by atoms with E-state index < -0.39 is 5.97 Å². The van der Waals surface area contributed by atoms with Crippen LogP contribution in [0, 0.1) is 6.92 Å². The molecule has 0 atom stereocenters. The van der Waals surface area contributed by atoms with Gasteiger partial charge in [-0.15, -0.1) is 11.3 Å². The summed E-state index contributed by atoms with van der Waals surface area (Å²) in [6, 6.07) is 3.65. The molecule has 1 amide bonds. The number of carbonyl (C=O) groups excluding carboxylic acids is 2. The Kier molecular flexibility index (Phi) is 4.92. The van der Waals surface area contributed by atoms with E-state index in [-0.39, 0.29) is 5.91 Å². The fourth-order valence-corrected chi connectivity index (χ4v) is 3.30. The lowest BCUT2D eigenvalue weighted by molar-refractivity contribution is -0.115. The number of thiophene rings is 2. The van der Waals surface area contributed by atoms with Gasteiger partial charge < -0.3 is 10.1 Å². The largest absolute Gasteiger partial charge is 0.462 e. The fourth-order valence-electron chi connectivity index (χ4n) is 1.72. The van der Waals surface area contributed by atoms with Gasteiger partial charge in [0, 0.05) is 4.88 Å². The molecule has 0 radical (unpaired) electrons. The molecule has 0 saturated carbocycles. The van der Waals surface area contributed by atoms with Crippen molar-refractivity contribution in [1.29, 1.82) is 0 Å². The number of rotatable bonds is 5. The lowest BCUT2D eigenvalue weighted by Gasteiger charge is -2.05. The van der Waals surface area contributed by atoms with E-state index in [1.165, 1.54) is 11.3 Å². The highest BCUT2D eigenvalue weighted by molar-refractivity contribution is 7.16. The van der Waals surface area contributed by atoms with Crippen LogP contribution >= 0.6 is 22.7 Å². The first-order valence-corrected chi connectivity index (χ1v) is 7.94. The first kappa shape index (κ1) is 14.7. The van der Waals surface area contributed by atoms with Gasteiger partial charge in [0.1, 0.15) is 5.00 Å². The van der Waals surface area contributed by atoms with Gasteiger partial charge in [0.2, 0.25) is 5.91 Å². The molecule has 1 N–H and O–H groups in total. The van der Waals surface area contributed by atoms with Crippen molar-refractivity contribution >= 4 is 39.6 Å². The molecule has 0 saturated heterocycles. The minimum Gasteiger partial charge on any atom is -0.462 e. The van der Waals surface area contributed by atoms with E-state index in [0.29, 0.717) is 23.6 Å². The fraction of sp³-hybridized carbons (Fsp3) is 0.286. The molecule has 0 aliphatic rings. The number of anilines is 1. The second kappa shape index (κ2) is 6.67. The van der Waals surface area contributed by atoms with E-state index in [2.05, 4.69) is 5.32 Å². The highest BCUT2D eigenvalue weighted by Gasteiger charge is 2.17. The van der Waals surface area contributed by atoms with Gasteiger partial charge in [0.25, 0.3) is 0 Å². The van der Waals surface area contributed by atoms with Crippen LogP contribution in [0.2, 0.25) is 0 Å². The molecule has 0 bridgehead atoms. The Labute approximate surface area is 125 Å². The summed E-state index contributed by atoms with van der Waals surface area (Å²) in [5.41, 5.74) is 1.39. The van der Waals surface area contributed by atoms with E-state index in [1.807, 2.05) is 23.8 Å². The number of esters is 1. The predicted octanol–water partition coefficient (Wildman–Crippen LogP) is 3.48. The Hall–Kier alpha value is -1.66. The van der Waals surface area contributed by atoms with Crippen molar-refractivity contribution in [2.75, 3.05) is 11.9 Å². The molecule has 0 aromatic carbocycles. The number of nitrogens with one attached hydrogen (secondary N) is 1. The zero-order valence-electron chi connectivity index (χ0n) is 11.3. The van der Waals surface area contributed by atoms with Crippen LogP contribution in [0.15, 0.2) is 22.9 Å².